The molecule has 2 unspecified atom stereocenters. The van der Waals surface area contributed by atoms with Gasteiger partial charge in [0.2, 0.25) is 5.91 Å². The molecule has 4 rings (SSSR count). The summed E-state index contributed by atoms with van der Waals surface area (Å²) in [5.74, 6) is -0.0145. The fraction of sp³-hybridized carbons (Fsp3) is 0.619. The molecule has 1 aromatic carbocycles. The van der Waals surface area contributed by atoms with E-state index in [9.17, 15) is 14.0 Å². The molecule has 0 aromatic heterocycles. The van der Waals surface area contributed by atoms with Crippen molar-refractivity contribution in [2.45, 2.75) is 44.4 Å². The van der Waals surface area contributed by atoms with Crippen molar-refractivity contribution in [3.63, 3.8) is 0 Å². The first kappa shape index (κ1) is 19.3. The van der Waals surface area contributed by atoms with Crippen molar-refractivity contribution in [1.82, 2.24) is 14.7 Å². The second-order valence-electron chi connectivity index (χ2n) is 7.91. The minimum Gasteiger partial charge on any atom is -0.368 e. The Morgan fingerprint density at radius 2 is 1.86 bits per heavy atom. The van der Waals surface area contributed by atoms with Crippen LogP contribution >= 0.6 is 0 Å². The van der Waals surface area contributed by atoms with E-state index in [2.05, 4.69) is 4.90 Å². The van der Waals surface area contributed by atoms with E-state index in [1.54, 1.807) is 12.1 Å². The van der Waals surface area contributed by atoms with E-state index in [0.29, 0.717) is 19.7 Å². The highest BCUT2D eigenvalue weighted by Gasteiger charge is 2.37. The van der Waals surface area contributed by atoms with Gasteiger partial charge in [0.25, 0.3) is 5.91 Å². The smallest absolute Gasteiger partial charge is 0.251 e. The van der Waals surface area contributed by atoms with Crippen LogP contribution in [0.4, 0.5) is 4.39 Å². The molecule has 6 nitrogen and oxygen atoms in total. The summed E-state index contributed by atoms with van der Waals surface area (Å²) in [6.07, 6.45) is 3.18. The van der Waals surface area contributed by atoms with Crippen LogP contribution in [-0.4, -0.2) is 78.0 Å². The van der Waals surface area contributed by atoms with Crippen molar-refractivity contribution < 1.29 is 18.7 Å². The number of ether oxygens (including phenoxy) is 1. The quantitative estimate of drug-likeness (QED) is 0.786. The maximum Gasteiger partial charge on any atom is 0.251 e. The first-order valence-corrected chi connectivity index (χ1v) is 10.3. The van der Waals surface area contributed by atoms with Crippen LogP contribution in [0.2, 0.25) is 0 Å². The highest BCUT2D eigenvalue weighted by Crippen LogP contribution is 2.22. The number of carbonyl (C=O) groups is 2. The Kier molecular flexibility index (Phi) is 5.92. The van der Waals surface area contributed by atoms with Gasteiger partial charge in [-0.15, -0.1) is 0 Å². The number of amides is 2. The number of benzene rings is 1. The highest BCUT2D eigenvalue weighted by molar-refractivity contribution is 5.84. The number of hydrogen-bond acceptors (Lipinski definition) is 4. The number of rotatable bonds is 4. The third-order valence-electron chi connectivity index (χ3n) is 6.04. The lowest BCUT2D eigenvalue weighted by Gasteiger charge is -2.27. The third kappa shape index (κ3) is 4.20. The van der Waals surface area contributed by atoms with Crippen LogP contribution in [0.15, 0.2) is 24.3 Å². The molecule has 1 aromatic rings. The molecule has 3 aliphatic heterocycles. The highest BCUT2D eigenvalue weighted by atomic mass is 19.1. The first-order chi connectivity index (χ1) is 13.6. The van der Waals surface area contributed by atoms with Crippen LogP contribution < -0.4 is 0 Å². The van der Waals surface area contributed by atoms with Gasteiger partial charge >= 0.3 is 0 Å². The molecule has 2 atom stereocenters. The summed E-state index contributed by atoms with van der Waals surface area (Å²) in [5, 5.41) is 0. The van der Waals surface area contributed by atoms with Crippen LogP contribution in [0, 0.1) is 5.82 Å². The van der Waals surface area contributed by atoms with Gasteiger partial charge in [0.1, 0.15) is 11.9 Å². The zero-order chi connectivity index (χ0) is 19.5. The van der Waals surface area contributed by atoms with E-state index >= 15 is 0 Å². The van der Waals surface area contributed by atoms with E-state index in [4.69, 9.17) is 4.74 Å². The van der Waals surface area contributed by atoms with E-state index in [-0.39, 0.29) is 29.8 Å². The lowest BCUT2D eigenvalue weighted by Crippen LogP contribution is -2.45. The van der Waals surface area contributed by atoms with Crippen molar-refractivity contribution in [2.75, 3.05) is 39.3 Å². The molecule has 7 heteroatoms. The summed E-state index contributed by atoms with van der Waals surface area (Å²) in [7, 11) is 0. The van der Waals surface area contributed by atoms with Gasteiger partial charge in [0.05, 0.1) is 6.04 Å². The third-order valence-corrected chi connectivity index (χ3v) is 6.04. The van der Waals surface area contributed by atoms with Crippen LogP contribution in [0.1, 0.15) is 31.2 Å². The van der Waals surface area contributed by atoms with Gasteiger partial charge in [-0.1, -0.05) is 12.1 Å². The number of likely N-dealkylation sites (tertiary alicyclic amines) is 1. The summed E-state index contributed by atoms with van der Waals surface area (Å²) in [6.45, 7) is 4.85. The largest absolute Gasteiger partial charge is 0.368 e. The van der Waals surface area contributed by atoms with Gasteiger partial charge in [0.15, 0.2) is 0 Å². The fourth-order valence-corrected chi connectivity index (χ4v) is 4.47. The molecule has 0 N–H and O–H groups in total. The molecule has 152 valence electrons. The van der Waals surface area contributed by atoms with Gasteiger partial charge in [0, 0.05) is 45.9 Å². The molecular formula is C21H28FN3O3. The molecule has 0 bridgehead atoms. The van der Waals surface area contributed by atoms with Gasteiger partial charge in [-0.3, -0.25) is 14.5 Å². The fourth-order valence-electron chi connectivity index (χ4n) is 4.47. The maximum absolute atomic E-state index is 13.1. The Morgan fingerprint density at radius 3 is 2.61 bits per heavy atom. The van der Waals surface area contributed by atoms with Crippen LogP contribution in [0.25, 0.3) is 0 Å². The Morgan fingerprint density at radius 1 is 1.04 bits per heavy atom. The average molecular weight is 389 g/mol. The predicted molar refractivity (Wildman–Crippen MR) is 102 cm³/mol. The van der Waals surface area contributed by atoms with E-state index < -0.39 is 0 Å². The van der Waals surface area contributed by atoms with Crippen molar-refractivity contribution in [3.8, 4) is 0 Å². The number of nitrogens with zero attached hydrogens (tertiary/aromatic N) is 3. The Balaban J connectivity index is 1.32. The van der Waals surface area contributed by atoms with Crippen molar-refractivity contribution in [1.29, 1.82) is 0 Å². The lowest BCUT2D eigenvalue weighted by molar-refractivity contribution is -0.140. The topological polar surface area (TPSA) is 53.1 Å². The molecule has 3 saturated heterocycles. The van der Waals surface area contributed by atoms with Crippen LogP contribution in [-0.2, 0) is 20.9 Å². The first-order valence-electron chi connectivity index (χ1n) is 10.3. The Labute approximate surface area is 165 Å². The molecule has 0 saturated carbocycles. The summed E-state index contributed by atoms with van der Waals surface area (Å²) < 4.78 is 18.6. The average Bonchev–Trinajstić information content (AvgIpc) is 3.28. The molecule has 3 heterocycles. The molecule has 0 aliphatic carbocycles. The molecule has 3 aliphatic rings. The Hall–Kier alpha value is -1.99. The molecular weight excluding hydrogens is 361 g/mol. The standard InChI is InChI=1S/C21H28FN3O3/c22-17-6-4-16(5-7-17)15-25-11-8-18(20(25)26)23-9-2-10-24(13-12-23)21(27)19-3-1-14-28-19/h4-7,18-19H,1-3,8-15H2. The van der Waals surface area contributed by atoms with E-state index in [1.165, 1.54) is 12.1 Å². The number of carbonyl (C=O) groups excluding carboxylic acids is 2. The van der Waals surface area contributed by atoms with Gasteiger partial charge in [-0.25, -0.2) is 4.39 Å². The lowest BCUT2D eigenvalue weighted by atomic mass is 10.2. The normalized spacial score (nSPS) is 26.7. The molecule has 28 heavy (non-hydrogen) atoms. The van der Waals surface area contributed by atoms with Gasteiger partial charge in [-0.05, 0) is 43.4 Å². The second kappa shape index (κ2) is 8.57. The second-order valence-corrected chi connectivity index (χ2v) is 7.91. The van der Waals surface area contributed by atoms with Crippen molar-refractivity contribution in [3.05, 3.63) is 35.6 Å². The number of hydrogen-bond donors (Lipinski definition) is 0. The van der Waals surface area contributed by atoms with E-state index in [0.717, 1.165) is 57.4 Å². The maximum atomic E-state index is 13.1. The molecule has 0 spiro atoms. The van der Waals surface area contributed by atoms with Gasteiger partial charge < -0.3 is 14.5 Å². The molecule has 3 fully saturated rings. The van der Waals surface area contributed by atoms with Gasteiger partial charge in [-0.2, -0.15) is 0 Å². The monoisotopic (exact) mass is 389 g/mol. The zero-order valence-electron chi connectivity index (χ0n) is 16.2. The minimum absolute atomic E-state index is 0.107. The predicted octanol–water partition coefficient (Wildman–Crippen LogP) is 1.64. The molecule has 0 radical (unpaired) electrons. The SMILES string of the molecule is O=C(C1CCCO1)N1CCCN(C2CCN(Cc3ccc(F)cc3)C2=O)CC1. The van der Waals surface area contributed by atoms with Crippen molar-refractivity contribution in [2.24, 2.45) is 0 Å². The minimum atomic E-state index is -0.272. The summed E-state index contributed by atoms with van der Waals surface area (Å²) in [6, 6.07) is 6.22. The van der Waals surface area contributed by atoms with Crippen LogP contribution in [0.5, 0.6) is 0 Å². The summed E-state index contributed by atoms with van der Waals surface area (Å²) >= 11 is 0. The molecule has 2 amide bonds. The Bertz CT molecular complexity index is 705. The van der Waals surface area contributed by atoms with Crippen molar-refractivity contribution >= 4 is 11.8 Å². The van der Waals surface area contributed by atoms with E-state index in [1.807, 2.05) is 9.80 Å². The van der Waals surface area contributed by atoms with Crippen LogP contribution in [0.3, 0.4) is 0 Å². The zero-order valence-corrected chi connectivity index (χ0v) is 16.2. The number of halogens is 1. The summed E-state index contributed by atoms with van der Waals surface area (Å²) in [4.78, 5) is 31.5. The summed E-state index contributed by atoms with van der Waals surface area (Å²) in [5.41, 5.74) is 0.944.